The molecule has 0 aliphatic rings. The summed E-state index contributed by atoms with van der Waals surface area (Å²) in [6.07, 6.45) is 3.65. The van der Waals surface area contributed by atoms with E-state index in [2.05, 4.69) is 4.98 Å². The van der Waals surface area contributed by atoms with Crippen molar-refractivity contribution in [1.82, 2.24) is 9.55 Å². The summed E-state index contributed by atoms with van der Waals surface area (Å²) < 4.78 is 1.81. The zero-order valence-corrected chi connectivity index (χ0v) is 10.6. The number of halogens is 1. The Morgan fingerprint density at radius 1 is 1.44 bits per heavy atom. The molecule has 5 heteroatoms. The third kappa shape index (κ3) is 3.18. The van der Waals surface area contributed by atoms with E-state index in [1.54, 1.807) is 24.7 Å². The molecule has 0 saturated heterocycles. The monoisotopic (exact) mass is 263 g/mol. The van der Waals surface area contributed by atoms with E-state index in [4.69, 9.17) is 17.3 Å². The Morgan fingerprint density at radius 2 is 2.28 bits per heavy atom. The summed E-state index contributed by atoms with van der Waals surface area (Å²) >= 11 is 5.87. The molecule has 0 atom stereocenters. The van der Waals surface area contributed by atoms with Crippen LogP contribution in [0.5, 0.6) is 0 Å². The third-order valence-corrected chi connectivity index (χ3v) is 2.80. The van der Waals surface area contributed by atoms with Gasteiger partial charge in [0.25, 0.3) is 0 Å². The van der Waals surface area contributed by atoms with Crippen LogP contribution in [-0.4, -0.2) is 21.9 Å². The number of nitrogens with two attached hydrogens (primary N) is 1. The first-order chi connectivity index (χ1) is 8.69. The fourth-order valence-corrected chi connectivity index (χ4v) is 1.91. The van der Waals surface area contributed by atoms with E-state index in [-0.39, 0.29) is 5.78 Å². The van der Waals surface area contributed by atoms with Crippen LogP contribution < -0.4 is 5.73 Å². The van der Waals surface area contributed by atoms with E-state index in [0.717, 1.165) is 5.56 Å². The summed E-state index contributed by atoms with van der Waals surface area (Å²) in [5, 5.41) is 0.633. The molecule has 2 rings (SSSR count). The zero-order chi connectivity index (χ0) is 13.0. The van der Waals surface area contributed by atoms with Crippen molar-refractivity contribution in [3.05, 3.63) is 53.1 Å². The first-order valence-electron chi connectivity index (χ1n) is 5.68. The van der Waals surface area contributed by atoms with Crippen molar-refractivity contribution >= 4 is 17.4 Å². The second kappa shape index (κ2) is 5.80. The van der Waals surface area contributed by atoms with Gasteiger partial charge in [-0.3, -0.25) is 4.79 Å². The molecule has 1 heterocycles. The first kappa shape index (κ1) is 12.8. The smallest absolute Gasteiger partial charge is 0.187 e. The molecule has 2 aromatic rings. The van der Waals surface area contributed by atoms with Gasteiger partial charge in [-0.05, 0) is 17.7 Å². The van der Waals surface area contributed by atoms with Crippen LogP contribution in [-0.2, 0) is 13.0 Å². The fraction of sp³-hybridized carbons (Fsp3) is 0.231. The molecule has 0 radical (unpaired) electrons. The maximum atomic E-state index is 12.0. The number of carbonyl (C=O) groups is 1. The minimum Gasteiger partial charge on any atom is -0.335 e. The largest absolute Gasteiger partial charge is 0.335 e. The normalized spacial score (nSPS) is 10.6. The van der Waals surface area contributed by atoms with Crippen LogP contribution in [0.3, 0.4) is 0 Å². The van der Waals surface area contributed by atoms with Gasteiger partial charge in [0.2, 0.25) is 0 Å². The van der Waals surface area contributed by atoms with Gasteiger partial charge in [-0.25, -0.2) is 4.98 Å². The minimum atomic E-state index is -0.0203. The van der Waals surface area contributed by atoms with Crippen molar-refractivity contribution in [2.75, 3.05) is 6.54 Å². The second-order valence-corrected chi connectivity index (χ2v) is 4.45. The predicted molar refractivity (Wildman–Crippen MR) is 70.8 cm³/mol. The Bertz CT molecular complexity index is 551. The lowest BCUT2D eigenvalue weighted by molar-refractivity contribution is 0.0988. The summed E-state index contributed by atoms with van der Waals surface area (Å²) in [6, 6.07) is 7.28. The van der Waals surface area contributed by atoms with Crippen molar-refractivity contribution < 1.29 is 4.79 Å². The molecule has 0 aliphatic carbocycles. The molecule has 0 spiro atoms. The SMILES string of the molecule is NCCn1cnc(C(=O)Cc2cccc(Cl)c2)c1. The fourth-order valence-electron chi connectivity index (χ4n) is 1.70. The van der Waals surface area contributed by atoms with E-state index in [1.807, 2.05) is 16.7 Å². The van der Waals surface area contributed by atoms with Crippen molar-refractivity contribution in [3.63, 3.8) is 0 Å². The lowest BCUT2D eigenvalue weighted by Gasteiger charge is -1.99. The van der Waals surface area contributed by atoms with Crippen molar-refractivity contribution in [3.8, 4) is 0 Å². The number of imidazole rings is 1. The van der Waals surface area contributed by atoms with Gasteiger partial charge in [-0.1, -0.05) is 23.7 Å². The van der Waals surface area contributed by atoms with Crippen LogP contribution in [0.2, 0.25) is 5.02 Å². The predicted octanol–water partition coefficient (Wildman–Crippen LogP) is 1.92. The summed E-state index contributed by atoms with van der Waals surface area (Å²) in [4.78, 5) is 16.1. The van der Waals surface area contributed by atoms with E-state index >= 15 is 0 Å². The summed E-state index contributed by atoms with van der Waals surface area (Å²) in [5.74, 6) is -0.0203. The first-order valence-corrected chi connectivity index (χ1v) is 6.06. The van der Waals surface area contributed by atoms with Crippen LogP contribution in [0, 0.1) is 0 Å². The van der Waals surface area contributed by atoms with E-state index < -0.39 is 0 Å². The number of rotatable bonds is 5. The molecule has 4 nitrogen and oxygen atoms in total. The van der Waals surface area contributed by atoms with Crippen LogP contribution in [0.25, 0.3) is 0 Å². The molecule has 0 saturated carbocycles. The van der Waals surface area contributed by atoms with Crippen LogP contribution in [0.4, 0.5) is 0 Å². The average Bonchev–Trinajstić information content (AvgIpc) is 2.78. The summed E-state index contributed by atoms with van der Waals surface area (Å²) in [6.45, 7) is 1.19. The highest BCUT2D eigenvalue weighted by Crippen LogP contribution is 2.12. The number of benzene rings is 1. The molecule has 2 N–H and O–H groups in total. The summed E-state index contributed by atoms with van der Waals surface area (Å²) in [7, 11) is 0. The molecular weight excluding hydrogens is 250 g/mol. The van der Waals surface area contributed by atoms with Crippen molar-refractivity contribution in [2.24, 2.45) is 5.73 Å². The molecule has 0 bridgehead atoms. The second-order valence-electron chi connectivity index (χ2n) is 4.02. The molecule has 0 aliphatic heterocycles. The molecule has 94 valence electrons. The number of hydrogen-bond acceptors (Lipinski definition) is 3. The van der Waals surface area contributed by atoms with E-state index in [9.17, 15) is 4.79 Å². The van der Waals surface area contributed by atoms with Gasteiger partial charge in [0.05, 0.1) is 6.33 Å². The van der Waals surface area contributed by atoms with Gasteiger partial charge in [0, 0.05) is 30.7 Å². The van der Waals surface area contributed by atoms with Crippen molar-refractivity contribution in [1.29, 1.82) is 0 Å². The molecule has 0 amide bonds. The number of nitrogens with zero attached hydrogens (tertiary/aromatic N) is 2. The molecule has 1 aromatic heterocycles. The van der Waals surface area contributed by atoms with Gasteiger partial charge in [-0.2, -0.15) is 0 Å². The molecule has 0 fully saturated rings. The average molecular weight is 264 g/mol. The molecule has 18 heavy (non-hydrogen) atoms. The maximum Gasteiger partial charge on any atom is 0.187 e. The highest BCUT2D eigenvalue weighted by atomic mass is 35.5. The Balaban J connectivity index is 2.07. The van der Waals surface area contributed by atoms with Gasteiger partial charge in [-0.15, -0.1) is 0 Å². The standard InChI is InChI=1S/C13H14ClN3O/c14-11-3-1-2-10(6-11)7-13(18)12-8-17(5-4-15)9-16-12/h1-3,6,8-9H,4-5,7,15H2. The zero-order valence-electron chi connectivity index (χ0n) is 9.84. The Morgan fingerprint density at radius 3 is 3.00 bits per heavy atom. The molecule has 0 unspecified atom stereocenters. The molecular formula is C13H14ClN3O. The highest BCUT2D eigenvalue weighted by Gasteiger charge is 2.10. The van der Waals surface area contributed by atoms with E-state index in [0.29, 0.717) is 30.2 Å². The Labute approximate surface area is 110 Å². The summed E-state index contributed by atoms with van der Waals surface area (Å²) in [5.41, 5.74) is 6.79. The number of hydrogen-bond donors (Lipinski definition) is 1. The number of carbonyl (C=O) groups excluding carboxylic acids is 1. The minimum absolute atomic E-state index is 0.0203. The highest BCUT2D eigenvalue weighted by molar-refractivity contribution is 6.30. The Kier molecular flexibility index (Phi) is 4.12. The lowest BCUT2D eigenvalue weighted by Crippen LogP contribution is -2.08. The quantitative estimate of drug-likeness (QED) is 0.839. The number of ketones is 1. The van der Waals surface area contributed by atoms with Crippen LogP contribution >= 0.6 is 11.6 Å². The maximum absolute atomic E-state index is 12.0. The van der Waals surface area contributed by atoms with E-state index in [1.165, 1.54) is 0 Å². The lowest BCUT2D eigenvalue weighted by atomic mass is 10.1. The van der Waals surface area contributed by atoms with Gasteiger partial charge in [0.15, 0.2) is 5.78 Å². The van der Waals surface area contributed by atoms with Crippen LogP contribution in [0.1, 0.15) is 16.1 Å². The third-order valence-electron chi connectivity index (χ3n) is 2.56. The molecule has 1 aromatic carbocycles. The Hall–Kier alpha value is -1.65. The number of Topliss-reactive ketones (excluding diaryl/α,β-unsaturated/α-hetero) is 1. The number of aromatic nitrogens is 2. The van der Waals surface area contributed by atoms with Gasteiger partial charge < -0.3 is 10.3 Å². The topological polar surface area (TPSA) is 60.9 Å². The van der Waals surface area contributed by atoms with Crippen LogP contribution in [0.15, 0.2) is 36.8 Å². The van der Waals surface area contributed by atoms with Gasteiger partial charge >= 0.3 is 0 Å². The van der Waals surface area contributed by atoms with Gasteiger partial charge in [0.1, 0.15) is 5.69 Å². The van der Waals surface area contributed by atoms with Crippen molar-refractivity contribution in [2.45, 2.75) is 13.0 Å².